The molecule has 0 radical (unpaired) electrons. The van der Waals surface area contributed by atoms with E-state index in [9.17, 15) is 22.4 Å². The highest BCUT2D eigenvalue weighted by molar-refractivity contribution is 7.90. The van der Waals surface area contributed by atoms with E-state index in [1.54, 1.807) is 6.07 Å². The number of hydrogen-bond acceptors (Lipinski definition) is 6. The van der Waals surface area contributed by atoms with E-state index in [2.05, 4.69) is 0 Å². The number of rotatable bonds is 9. The van der Waals surface area contributed by atoms with Gasteiger partial charge in [-0.15, -0.1) is 0 Å². The number of nitrogens with zero attached hydrogens (tertiary/aromatic N) is 1. The molecule has 0 bridgehead atoms. The molecule has 0 saturated carbocycles. The van der Waals surface area contributed by atoms with Gasteiger partial charge in [0.05, 0.1) is 31.6 Å². The van der Waals surface area contributed by atoms with Gasteiger partial charge in [-0.25, -0.2) is 17.6 Å². The van der Waals surface area contributed by atoms with Crippen molar-refractivity contribution in [3.05, 3.63) is 65.5 Å². The second-order valence-electron chi connectivity index (χ2n) is 8.59. The SMILES string of the molecule is CC(=O)OC/C(=C(\C(=O)OCC[N+](C)(C)C)c1cccc(F)c1)c1ccc(S(C)(=O)=O)cc1.[Br-]. The average molecular weight is 558 g/mol. The second kappa shape index (κ2) is 12.2. The van der Waals surface area contributed by atoms with Gasteiger partial charge in [0.15, 0.2) is 9.84 Å². The second-order valence-corrected chi connectivity index (χ2v) is 10.6. The van der Waals surface area contributed by atoms with Gasteiger partial charge in [0.2, 0.25) is 0 Å². The van der Waals surface area contributed by atoms with Crippen LogP contribution < -0.4 is 17.0 Å². The van der Waals surface area contributed by atoms with Crippen LogP contribution in [-0.2, 0) is 28.9 Å². The third kappa shape index (κ3) is 9.00. The number of halogens is 2. The summed E-state index contributed by atoms with van der Waals surface area (Å²) in [6, 6.07) is 11.2. The van der Waals surface area contributed by atoms with Crippen LogP contribution in [0.1, 0.15) is 18.1 Å². The number of carbonyl (C=O) groups is 2. The van der Waals surface area contributed by atoms with Crippen molar-refractivity contribution in [2.24, 2.45) is 0 Å². The van der Waals surface area contributed by atoms with Gasteiger partial charge in [0.1, 0.15) is 25.6 Å². The maximum absolute atomic E-state index is 14.0. The zero-order valence-corrected chi connectivity index (χ0v) is 22.2. The van der Waals surface area contributed by atoms with Crippen LogP contribution in [0, 0.1) is 5.82 Å². The molecule has 0 atom stereocenters. The number of carbonyl (C=O) groups excluding carboxylic acids is 2. The molecular weight excluding hydrogens is 529 g/mol. The van der Waals surface area contributed by atoms with E-state index in [4.69, 9.17) is 9.47 Å². The monoisotopic (exact) mass is 557 g/mol. The summed E-state index contributed by atoms with van der Waals surface area (Å²) in [6.45, 7) is 1.61. The summed E-state index contributed by atoms with van der Waals surface area (Å²) >= 11 is 0. The number of hydrogen-bond donors (Lipinski definition) is 0. The third-order valence-electron chi connectivity index (χ3n) is 4.67. The topological polar surface area (TPSA) is 86.7 Å². The van der Waals surface area contributed by atoms with Gasteiger partial charge in [-0.2, -0.15) is 0 Å². The van der Waals surface area contributed by atoms with Crippen molar-refractivity contribution in [3.63, 3.8) is 0 Å². The minimum Gasteiger partial charge on any atom is -1.00 e. The number of quaternary nitrogens is 1. The first kappa shape index (κ1) is 29.5. The van der Waals surface area contributed by atoms with Crippen LogP contribution in [0.15, 0.2) is 53.4 Å². The molecular formula is C24H29BrFNO6S. The first-order valence-corrected chi connectivity index (χ1v) is 12.1. The van der Waals surface area contributed by atoms with Gasteiger partial charge in [-0.3, -0.25) is 4.79 Å². The van der Waals surface area contributed by atoms with Crippen molar-refractivity contribution in [1.82, 2.24) is 0 Å². The van der Waals surface area contributed by atoms with Crippen molar-refractivity contribution >= 4 is 32.9 Å². The van der Waals surface area contributed by atoms with Crippen molar-refractivity contribution in [2.75, 3.05) is 47.2 Å². The van der Waals surface area contributed by atoms with Gasteiger partial charge < -0.3 is 30.9 Å². The normalized spacial score (nSPS) is 12.3. The molecule has 10 heteroatoms. The number of esters is 2. The van der Waals surface area contributed by atoms with E-state index in [1.807, 2.05) is 21.1 Å². The summed E-state index contributed by atoms with van der Waals surface area (Å²) in [5, 5.41) is 0. The standard InChI is InChI=1S/C24H29FNO6S.BrH/c1-17(27)32-16-22(18-9-11-21(12-10-18)33(5,29)30)23(19-7-6-8-20(25)15-19)24(28)31-14-13-26(2,3)4;/h6-12,15H,13-14,16H2,1-5H3;1H/q+1;/p-1/b23-22+;. The van der Waals surface area contributed by atoms with E-state index in [0.29, 0.717) is 16.6 Å². The maximum Gasteiger partial charge on any atom is 0.339 e. The fourth-order valence-corrected chi connectivity index (χ4v) is 3.55. The molecule has 0 aliphatic carbocycles. The molecule has 0 amide bonds. The Labute approximate surface area is 210 Å². The van der Waals surface area contributed by atoms with Gasteiger partial charge in [0, 0.05) is 18.8 Å². The molecule has 2 aromatic rings. The van der Waals surface area contributed by atoms with Crippen LogP contribution >= 0.6 is 0 Å². The molecule has 0 spiro atoms. The predicted octanol–water partition coefficient (Wildman–Crippen LogP) is -0.0435. The fourth-order valence-electron chi connectivity index (χ4n) is 2.92. The molecule has 34 heavy (non-hydrogen) atoms. The number of ether oxygens (including phenoxy) is 2. The molecule has 0 N–H and O–H groups in total. The molecule has 0 aliphatic heterocycles. The number of sulfone groups is 1. The first-order chi connectivity index (χ1) is 15.3. The van der Waals surface area contributed by atoms with Crippen molar-refractivity contribution < 1.29 is 53.3 Å². The van der Waals surface area contributed by atoms with E-state index in [1.165, 1.54) is 49.4 Å². The van der Waals surface area contributed by atoms with Crippen LogP contribution in [0.3, 0.4) is 0 Å². The molecule has 2 aromatic carbocycles. The van der Waals surface area contributed by atoms with Gasteiger partial charge in [-0.05, 0) is 35.4 Å². The van der Waals surface area contributed by atoms with Crippen LogP contribution in [0.2, 0.25) is 0 Å². The Bertz CT molecular complexity index is 1150. The lowest BCUT2D eigenvalue weighted by Gasteiger charge is -2.23. The maximum atomic E-state index is 14.0. The Hall–Kier alpha value is -2.56. The lowest BCUT2D eigenvalue weighted by molar-refractivity contribution is -0.870. The average Bonchev–Trinajstić information content (AvgIpc) is 2.69. The molecule has 0 saturated heterocycles. The number of likely N-dealkylation sites (N-methyl/N-ethyl adjacent to an activating group) is 1. The summed E-state index contributed by atoms with van der Waals surface area (Å²) in [5.41, 5.74) is 0.987. The molecule has 186 valence electrons. The Morgan fingerprint density at radius 2 is 1.59 bits per heavy atom. The summed E-state index contributed by atoms with van der Waals surface area (Å²) in [7, 11) is 2.42. The van der Waals surface area contributed by atoms with Gasteiger partial charge in [0.25, 0.3) is 0 Å². The molecule has 0 unspecified atom stereocenters. The zero-order valence-electron chi connectivity index (χ0n) is 19.8. The van der Waals surface area contributed by atoms with E-state index in [0.717, 1.165) is 6.26 Å². The number of benzene rings is 2. The zero-order chi connectivity index (χ0) is 24.8. The van der Waals surface area contributed by atoms with Crippen LogP contribution in [0.4, 0.5) is 4.39 Å². The third-order valence-corrected chi connectivity index (χ3v) is 5.79. The largest absolute Gasteiger partial charge is 1.00 e. The van der Waals surface area contributed by atoms with Gasteiger partial charge >= 0.3 is 11.9 Å². The van der Waals surface area contributed by atoms with Gasteiger partial charge in [-0.1, -0.05) is 24.3 Å². The Balaban J connectivity index is 0.00000578. The van der Waals surface area contributed by atoms with Crippen molar-refractivity contribution in [1.29, 1.82) is 0 Å². The highest BCUT2D eigenvalue weighted by Gasteiger charge is 2.23. The molecule has 0 aromatic heterocycles. The first-order valence-electron chi connectivity index (χ1n) is 10.2. The lowest BCUT2D eigenvalue weighted by Crippen LogP contribution is -3.00. The van der Waals surface area contributed by atoms with Crippen LogP contribution in [0.25, 0.3) is 11.1 Å². The highest BCUT2D eigenvalue weighted by Crippen LogP contribution is 2.29. The Morgan fingerprint density at radius 3 is 2.09 bits per heavy atom. The smallest absolute Gasteiger partial charge is 0.339 e. The lowest BCUT2D eigenvalue weighted by atomic mass is 9.95. The Morgan fingerprint density at radius 1 is 0.971 bits per heavy atom. The summed E-state index contributed by atoms with van der Waals surface area (Å²) in [5.74, 6) is -1.83. The van der Waals surface area contributed by atoms with Crippen molar-refractivity contribution in [2.45, 2.75) is 11.8 Å². The minimum atomic E-state index is -3.44. The molecule has 7 nitrogen and oxygen atoms in total. The van der Waals surface area contributed by atoms with Crippen LogP contribution in [0.5, 0.6) is 0 Å². The van der Waals surface area contributed by atoms with Crippen LogP contribution in [-0.4, -0.2) is 72.0 Å². The quantitative estimate of drug-likeness (QED) is 0.186. The van der Waals surface area contributed by atoms with E-state index >= 15 is 0 Å². The highest BCUT2D eigenvalue weighted by atomic mass is 79.9. The summed E-state index contributed by atoms with van der Waals surface area (Å²) < 4.78 is 48.9. The van der Waals surface area contributed by atoms with Crippen molar-refractivity contribution in [3.8, 4) is 0 Å². The fraction of sp³-hybridized carbons (Fsp3) is 0.333. The molecule has 0 aliphatic rings. The summed E-state index contributed by atoms with van der Waals surface area (Å²) in [4.78, 5) is 24.8. The van der Waals surface area contributed by atoms with E-state index < -0.39 is 27.6 Å². The summed E-state index contributed by atoms with van der Waals surface area (Å²) in [6.07, 6.45) is 1.08. The minimum absolute atomic E-state index is 0. The molecule has 0 heterocycles. The van der Waals surface area contributed by atoms with E-state index in [-0.39, 0.29) is 51.8 Å². The molecule has 2 rings (SSSR count). The Kier molecular flexibility index (Phi) is 10.6. The molecule has 0 fully saturated rings. The predicted molar refractivity (Wildman–Crippen MR) is 123 cm³/mol.